The van der Waals surface area contributed by atoms with Gasteiger partial charge in [-0.15, -0.1) is 0 Å². The third kappa shape index (κ3) is 8.96. The van der Waals surface area contributed by atoms with E-state index in [-0.39, 0.29) is 33.0 Å². The molecule has 0 spiro atoms. The average molecular weight is 802 g/mol. The fourth-order valence-electron chi connectivity index (χ4n) is 6.88. The van der Waals surface area contributed by atoms with Crippen LogP contribution in [0.15, 0.2) is 42.6 Å². The maximum Gasteiger partial charge on any atom is 0.435 e. The first-order chi connectivity index (χ1) is 26.3. The molecule has 20 heteroatoms. The van der Waals surface area contributed by atoms with Gasteiger partial charge in [0.1, 0.15) is 29.7 Å². The molecule has 2 aliphatic rings. The minimum absolute atomic E-state index is 0.0186. The molecule has 0 bridgehead atoms. The van der Waals surface area contributed by atoms with Gasteiger partial charge in [0.2, 0.25) is 5.95 Å². The van der Waals surface area contributed by atoms with Crippen LogP contribution in [0.3, 0.4) is 0 Å². The maximum atomic E-state index is 15.1. The second-order valence-electron chi connectivity index (χ2n) is 13.5. The number of primary amides is 1. The number of alkyl halides is 7. The Morgan fingerprint density at radius 1 is 0.964 bits per heavy atom. The number of Topliss-reactive ketones (excluding diaryl/α,β-unsaturated/α-hetero) is 1. The molecule has 1 amide bonds. The Labute approximate surface area is 312 Å². The zero-order chi connectivity index (χ0) is 40.6. The van der Waals surface area contributed by atoms with Crippen LogP contribution in [0.5, 0.6) is 0 Å². The first-order valence-electron chi connectivity index (χ1n) is 17.2. The van der Waals surface area contributed by atoms with Crippen molar-refractivity contribution >= 4 is 17.6 Å². The Hall–Kier alpha value is -5.11. The van der Waals surface area contributed by atoms with Gasteiger partial charge in [-0.25, -0.2) is 31.9 Å². The minimum Gasteiger partial charge on any atom is -0.379 e. The molecule has 1 saturated heterocycles. The van der Waals surface area contributed by atoms with Crippen LogP contribution in [0.4, 0.5) is 49.9 Å². The van der Waals surface area contributed by atoms with Crippen molar-refractivity contribution < 1.29 is 58.2 Å². The number of rotatable bonds is 13. The molecule has 1 fully saturated rings. The number of nitrogens with zero attached hydrogens (tertiary/aromatic N) is 5. The van der Waals surface area contributed by atoms with Crippen molar-refractivity contribution in [1.29, 1.82) is 0 Å². The number of hydrogen-bond acceptors (Lipinski definition) is 8. The van der Waals surface area contributed by atoms with Crippen LogP contribution in [-0.2, 0) is 40.5 Å². The molecule has 1 aliphatic heterocycles. The van der Waals surface area contributed by atoms with Crippen LogP contribution >= 0.6 is 0 Å². The van der Waals surface area contributed by atoms with E-state index in [0.29, 0.717) is 45.5 Å². The van der Waals surface area contributed by atoms with Crippen molar-refractivity contribution in [2.45, 2.75) is 56.2 Å². The van der Waals surface area contributed by atoms with Crippen molar-refractivity contribution in [3.05, 3.63) is 93.8 Å². The molecule has 4 aromatic rings. The van der Waals surface area contributed by atoms with E-state index in [1.807, 2.05) is 0 Å². The highest BCUT2D eigenvalue weighted by atomic mass is 19.4. The second kappa shape index (κ2) is 15.8. The lowest BCUT2D eigenvalue weighted by atomic mass is 9.86. The third-order valence-corrected chi connectivity index (χ3v) is 9.45. The Morgan fingerprint density at radius 2 is 1.64 bits per heavy atom. The highest BCUT2D eigenvalue weighted by Gasteiger charge is 2.57. The molecule has 56 heavy (non-hydrogen) atoms. The minimum atomic E-state index is -5.58. The molecule has 6 rings (SSSR count). The summed E-state index contributed by atoms with van der Waals surface area (Å²) in [5.41, 5.74) is -1.15. The standard InChI is InChI=1S/C36H33F10N7O3/c37-22-12-19(13-23(38)16-22)11-21(14-24(54)18-53-31-28(30(51-53)36(44,45)46)34(40,41)3-4-35(31,42)43)29-26(20-1-2-27(39)25(15-20)32(47)55)17-49-33(50-29)48-5-6-52-7-9-56-10-8-52/h1-2,12-13,15-17,21H,3-11,14,18H2,(H2,47,55)(H,48,49,50)/t21-/m1/s1. The fourth-order valence-corrected chi connectivity index (χ4v) is 6.88. The number of nitrogens with two attached hydrogens (primary N) is 1. The van der Waals surface area contributed by atoms with Gasteiger partial charge in [0.15, 0.2) is 11.5 Å². The topological polar surface area (TPSA) is 128 Å². The molecule has 1 aliphatic carbocycles. The summed E-state index contributed by atoms with van der Waals surface area (Å²) in [6.07, 6.45) is -8.63. The summed E-state index contributed by atoms with van der Waals surface area (Å²) in [6, 6.07) is 5.68. The third-order valence-electron chi connectivity index (χ3n) is 9.45. The van der Waals surface area contributed by atoms with Gasteiger partial charge >= 0.3 is 6.18 Å². The van der Waals surface area contributed by atoms with Crippen molar-refractivity contribution in [3.8, 4) is 11.1 Å². The lowest BCUT2D eigenvalue weighted by molar-refractivity contribution is -0.149. The number of hydrogen-bond donors (Lipinski definition) is 2. The first kappa shape index (κ1) is 40.6. The van der Waals surface area contributed by atoms with Gasteiger partial charge < -0.3 is 15.8 Å². The highest BCUT2D eigenvalue weighted by molar-refractivity contribution is 5.94. The number of halogens is 10. The second-order valence-corrected chi connectivity index (χ2v) is 13.5. The average Bonchev–Trinajstić information content (AvgIpc) is 3.53. The van der Waals surface area contributed by atoms with Crippen LogP contribution in [0.25, 0.3) is 11.1 Å². The van der Waals surface area contributed by atoms with E-state index in [2.05, 4.69) is 25.3 Å². The highest BCUT2D eigenvalue weighted by Crippen LogP contribution is 2.53. The number of carbonyl (C=O) groups excluding carboxylic acids is 2. The van der Waals surface area contributed by atoms with Crippen LogP contribution in [-0.4, -0.2) is 75.7 Å². The smallest absolute Gasteiger partial charge is 0.379 e. The zero-order valence-corrected chi connectivity index (χ0v) is 29.2. The summed E-state index contributed by atoms with van der Waals surface area (Å²) < 4.78 is 150. The van der Waals surface area contributed by atoms with Gasteiger partial charge in [-0.05, 0) is 41.8 Å². The van der Waals surface area contributed by atoms with Crippen molar-refractivity contribution in [2.75, 3.05) is 44.7 Å². The Kier molecular flexibility index (Phi) is 11.4. The lowest BCUT2D eigenvalue weighted by Crippen LogP contribution is -2.39. The number of morpholine rings is 1. The number of ketones is 1. The maximum absolute atomic E-state index is 15.1. The number of aromatic nitrogens is 4. The van der Waals surface area contributed by atoms with Crippen molar-refractivity contribution in [1.82, 2.24) is 24.6 Å². The molecule has 3 N–H and O–H groups in total. The quantitative estimate of drug-likeness (QED) is 0.145. The molecule has 0 unspecified atom stereocenters. The normalized spacial score (nSPS) is 17.3. The van der Waals surface area contributed by atoms with Gasteiger partial charge in [-0.2, -0.15) is 27.1 Å². The Balaban J connectivity index is 1.42. The largest absolute Gasteiger partial charge is 0.435 e. The number of amides is 1. The zero-order valence-electron chi connectivity index (χ0n) is 29.2. The molecular formula is C36H33F10N7O3. The van der Waals surface area contributed by atoms with E-state index >= 15 is 8.78 Å². The van der Waals surface area contributed by atoms with E-state index in [0.717, 1.165) is 24.3 Å². The SMILES string of the molecule is NC(=O)c1cc(-c2cnc(NCCN3CCOCC3)nc2[C@@H](CC(=O)Cn2nc(C(F)(F)F)c3c2C(F)(F)CCC3(F)F)Cc2cc(F)cc(F)c2)ccc1F. The molecule has 2 aromatic heterocycles. The predicted octanol–water partition coefficient (Wildman–Crippen LogP) is 6.58. The van der Waals surface area contributed by atoms with Gasteiger partial charge in [0, 0.05) is 69.2 Å². The van der Waals surface area contributed by atoms with Gasteiger partial charge in [0.05, 0.1) is 30.0 Å². The summed E-state index contributed by atoms with van der Waals surface area (Å²) in [5, 5.41) is 6.08. The molecule has 1 atom stereocenters. The van der Waals surface area contributed by atoms with E-state index in [4.69, 9.17) is 10.5 Å². The molecule has 0 radical (unpaired) electrons. The molecule has 10 nitrogen and oxygen atoms in total. The van der Waals surface area contributed by atoms with Crippen LogP contribution in [0.2, 0.25) is 0 Å². The number of ether oxygens (including phenoxy) is 1. The molecule has 3 heterocycles. The summed E-state index contributed by atoms with van der Waals surface area (Å²) in [5.74, 6) is -15.1. The Morgan fingerprint density at radius 3 is 2.30 bits per heavy atom. The van der Waals surface area contributed by atoms with E-state index in [1.165, 1.54) is 12.3 Å². The molecular weight excluding hydrogens is 768 g/mol. The summed E-state index contributed by atoms with van der Waals surface area (Å²) in [7, 11) is 0. The molecule has 0 saturated carbocycles. The van der Waals surface area contributed by atoms with Crippen molar-refractivity contribution in [2.24, 2.45) is 5.73 Å². The summed E-state index contributed by atoms with van der Waals surface area (Å²) >= 11 is 0. The molecule has 300 valence electrons. The predicted molar refractivity (Wildman–Crippen MR) is 178 cm³/mol. The number of fused-ring (bicyclic) bond motifs is 1. The van der Waals surface area contributed by atoms with E-state index in [1.54, 1.807) is 0 Å². The van der Waals surface area contributed by atoms with Crippen LogP contribution < -0.4 is 11.1 Å². The van der Waals surface area contributed by atoms with Crippen LogP contribution in [0.1, 0.15) is 63.7 Å². The number of anilines is 1. The monoisotopic (exact) mass is 801 g/mol. The van der Waals surface area contributed by atoms with Gasteiger partial charge in [-0.3, -0.25) is 19.2 Å². The summed E-state index contributed by atoms with van der Waals surface area (Å²) in [6.45, 7) is 1.84. The number of nitrogens with one attached hydrogen (secondary N) is 1. The lowest BCUT2D eigenvalue weighted by Gasteiger charge is -2.30. The van der Waals surface area contributed by atoms with Crippen LogP contribution in [0, 0.1) is 17.5 Å². The van der Waals surface area contributed by atoms with E-state index in [9.17, 15) is 44.7 Å². The summed E-state index contributed by atoms with van der Waals surface area (Å²) in [4.78, 5) is 36.8. The number of carbonyl (C=O) groups is 2. The van der Waals surface area contributed by atoms with Gasteiger partial charge in [-0.1, -0.05) is 6.07 Å². The van der Waals surface area contributed by atoms with Crippen molar-refractivity contribution in [3.63, 3.8) is 0 Å². The van der Waals surface area contributed by atoms with Gasteiger partial charge in [0.25, 0.3) is 17.8 Å². The Bertz CT molecular complexity index is 2100. The number of benzene rings is 2. The fraction of sp³-hybridized carbons (Fsp3) is 0.417. The molecule has 2 aromatic carbocycles. The first-order valence-corrected chi connectivity index (χ1v) is 17.2. The van der Waals surface area contributed by atoms with E-state index < -0.39 is 108 Å².